The first-order valence-electron chi connectivity index (χ1n) is 9.62. The highest BCUT2D eigenvalue weighted by molar-refractivity contribution is 6.09. The molecule has 0 radical (unpaired) electrons. The summed E-state index contributed by atoms with van der Waals surface area (Å²) in [7, 11) is 0. The van der Waals surface area contributed by atoms with E-state index >= 15 is 0 Å². The molecule has 2 amide bonds. The van der Waals surface area contributed by atoms with Crippen molar-refractivity contribution in [3.63, 3.8) is 0 Å². The van der Waals surface area contributed by atoms with E-state index in [0.29, 0.717) is 0 Å². The minimum atomic E-state index is -4.54. The van der Waals surface area contributed by atoms with Gasteiger partial charge in [0, 0.05) is 0 Å². The lowest BCUT2D eigenvalue weighted by Gasteiger charge is -2.31. The maximum atomic E-state index is 13.4. The molecule has 3 rings (SSSR count). The van der Waals surface area contributed by atoms with Gasteiger partial charge in [0.25, 0.3) is 5.91 Å². The summed E-state index contributed by atoms with van der Waals surface area (Å²) in [5, 5.41) is 4.93. The number of alkyl carbamates (subject to hydrolysis) is 1. The average Bonchev–Trinajstić information content (AvgIpc) is 2.81. The van der Waals surface area contributed by atoms with Crippen LogP contribution in [0.5, 0.6) is 0 Å². The number of benzene rings is 2. The molecule has 31 heavy (non-hydrogen) atoms. The van der Waals surface area contributed by atoms with Crippen LogP contribution in [0.25, 0.3) is 0 Å². The van der Waals surface area contributed by atoms with Gasteiger partial charge in [0.1, 0.15) is 18.8 Å². The van der Waals surface area contributed by atoms with Gasteiger partial charge >= 0.3 is 12.3 Å². The fraction of sp³-hybridized carbons (Fsp3) is 0.273. The molecule has 0 aliphatic carbocycles. The normalized spacial score (nSPS) is 14.1. The lowest BCUT2D eigenvalue weighted by Crippen LogP contribution is -2.39. The third kappa shape index (κ3) is 5.56. The second kappa shape index (κ2) is 9.11. The van der Waals surface area contributed by atoms with Crippen molar-refractivity contribution in [1.29, 1.82) is 0 Å². The number of para-hydroxylation sites is 2. The van der Waals surface area contributed by atoms with Crippen LogP contribution in [0.2, 0.25) is 0 Å². The number of carbonyl (C=O) groups excluding carboxylic acids is 2. The summed E-state index contributed by atoms with van der Waals surface area (Å²) in [5.74, 6) is -1.24. The number of carbonyl (C=O) groups is 2. The van der Waals surface area contributed by atoms with E-state index in [1.54, 1.807) is 50.2 Å². The Kier molecular flexibility index (Phi) is 6.53. The van der Waals surface area contributed by atoms with Crippen molar-refractivity contribution in [2.45, 2.75) is 26.6 Å². The molecule has 1 aliphatic heterocycles. The number of alkyl halides is 3. The van der Waals surface area contributed by atoms with E-state index in [4.69, 9.17) is 4.74 Å². The number of hydrogen-bond acceptors (Lipinski definition) is 4. The monoisotopic (exact) mass is 433 g/mol. The topological polar surface area (TPSA) is 70.7 Å². The van der Waals surface area contributed by atoms with Gasteiger partial charge in [-0.3, -0.25) is 10.1 Å². The molecule has 0 unspecified atom stereocenters. The number of fused-ring (bicyclic) bond motifs is 1. The molecule has 0 spiro atoms. The fourth-order valence-corrected chi connectivity index (χ4v) is 3.31. The molecule has 2 aromatic carbocycles. The maximum Gasteiger partial charge on any atom is 0.412 e. The third-order valence-corrected chi connectivity index (χ3v) is 4.54. The van der Waals surface area contributed by atoms with Crippen LogP contribution >= 0.6 is 0 Å². The van der Waals surface area contributed by atoms with E-state index < -0.39 is 30.6 Å². The highest BCUT2D eigenvalue weighted by Gasteiger charge is 2.38. The fourth-order valence-electron chi connectivity index (χ4n) is 3.31. The summed E-state index contributed by atoms with van der Waals surface area (Å²) in [5.41, 5.74) is 0.882. The number of nitrogens with zero attached hydrogens (tertiary/aromatic N) is 1. The molecule has 0 aromatic heterocycles. The van der Waals surface area contributed by atoms with E-state index in [1.165, 1.54) is 12.1 Å². The van der Waals surface area contributed by atoms with Crippen LogP contribution in [0.15, 0.2) is 66.0 Å². The van der Waals surface area contributed by atoms with Crippen molar-refractivity contribution in [2.24, 2.45) is 5.92 Å². The summed E-state index contributed by atoms with van der Waals surface area (Å²) in [6, 6.07) is 15.1. The summed E-state index contributed by atoms with van der Waals surface area (Å²) in [6.45, 7) is 1.93. The number of rotatable bonds is 5. The van der Waals surface area contributed by atoms with E-state index in [2.05, 4.69) is 10.6 Å². The first kappa shape index (κ1) is 22.2. The highest BCUT2D eigenvalue weighted by atomic mass is 19.4. The van der Waals surface area contributed by atoms with Crippen molar-refractivity contribution < 1.29 is 27.5 Å². The van der Waals surface area contributed by atoms with Gasteiger partial charge in [0.05, 0.1) is 17.1 Å². The first-order chi connectivity index (χ1) is 14.7. The number of hydrogen-bond donors (Lipinski definition) is 2. The Labute approximate surface area is 177 Å². The van der Waals surface area contributed by atoms with Crippen molar-refractivity contribution in [2.75, 3.05) is 16.8 Å². The summed E-state index contributed by atoms with van der Waals surface area (Å²) < 4.78 is 45.4. The van der Waals surface area contributed by atoms with Crippen molar-refractivity contribution in [3.8, 4) is 0 Å². The molecule has 0 atom stereocenters. The minimum Gasteiger partial charge on any atom is -0.444 e. The molecule has 1 heterocycles. The Morgan fingerprint density at radius 3 is 2.39 bits per heavy atom. The first-order valence-corrected chi connectivity index (χ1v) is 9.62. The van der Waals surface area contributed by atoms with Crippen LogP contribution in [0.3, 0.4) is 0 Å². The van der Waals surface area contributed by atoms with E-state index in [-0.39, 0.29) is 29.4 Å². The molecule has 0 saturated carbocycles. The van der Waals surface area contributed by atoms with Gasteiger partial charge in [-0.1, -0.05) is 56.3 Å². The van der Waals surface area contributed by atoms with Crippen LogP contribution in [-0.4, -0.2) is 24.7 Å². The quantitative estimate of drug-likeness (QED) is 0.711. The molecule has 0 fully saturated rings. The Balaban J connectivity index is 1.95. The van der Waals surface area contributed by atoms with Gasteiger partial charge in [-0.25, -0.2) is 4.79 Å². The van der Waals surface area contributed by atoms with Crippen LogP contribution in [0.4, 0.5) is 29.3 Å². The van der Waals surface area contributed by atoms with Gasteiger partial charge in [0.15, 0.2) is 0 Å². The number of allylic oxidation sites excluding steroid dienone is 1. The maximum absolute atomic E-state index is 13.4. The predicted octanol–water partition coefficient (Wildman–Crippen LogP) is 4.80. The van der Waals surface area contributed by atoms with Crippen LogP contribution in [0.1, 0.15) is 19.4 Å². The Morgan fingerprint density at radius 2 is 1.74 bits per heavy atom. The zero-order valence-electron chi connectivity index (χ0n) is 17.0. The predicted molar refractivity (Wildman–Crippen MR) is 110 cm³/mol. The molecule has 164 valence electrons. The van der Waals surface area contributed by atoms with Crippen molar-refractivity contribution in [1.82, 2.24) is 5.32 Å². The van der Waals surface area contributed by atoms with Gasteiger partial charge in [-0.15, -0.1) is 0 Å². The largest absolute Gasteiger partial charge is 0.444 e. The molecule has 9 heteroatoms. The van der Waals surface area contributed by atoms with Gasteiger partial charge in [0.2, 0.25) is 0 Å². The van der Waals surface area contributed by atoms with Crippen LogP contribution in [0, 0.1) is 5.92 Å². The Morgan fingerprint density at radius 1 is 1.10 bits per heavy atom. The van der Waals surface area contributed by atoms with Crippen molar-refractivity contribution in [3.05, 3.63) is 71.6 Å². The van der Waals surface area contributed by atoms with E-state index in [0.717, 1.165) is 10.5 Å². The summed E-state index contributed by atoms with van der Waals surface area (Å²) in [6.07, 6.45) is -5.48. The summed E-state index contributed by atoms with van der Waals surface area (Å²) in [4.78, 5) is 26.3. The molecular weight excluding hydrogens is 411 g/mol. The molecule has 6 nitrogen and oxygen atoms in total. The molecule has 0 saturated heterocycles. The zero-order valence-corrected chi connectivity index (χ0v) is 17.0. The number of nitrogens with one attached hydrogen (secondary N) is 2. The number of ether oxygens (including phenoxy) is 1. The van der Waals surface area contributed by atoms with E-state index in [1.807, 2.05) is 6.07 Å². The second-order valence-corrected chi connectivity index (χ2v) is 7.27. The van der Waals surface area contributed by atoms with Gasteiger partial charge in [-0.2, -0.15) is 13.2 Å². The lowest BCUT2D eigenvalue weighted by atomic mass is 10.1. The summed E-state index contributed by atoms with van der Waals surface area (Å²) >= 11 is 0. The van der Waals surface area contributed by atoms with E-state index in [9.17, 15) is 22.8 Å². The zero-order chi connectivity index (χ0) is 22.6. The molecule has 2 N–H and O–H groups in total. The number of anilines is 2. The van der Waals surface area contributed by atoms with Crippen LogP contribution in [-0.2, 0) is 16.1 Å². The molecule has 2 aromatic rings. The second-order valence-electron chi connectivity index (χ2n) is 7.27. The van der Waals surface area contributed by atoms with Crippen molar-refractivity contribution >= 4 is 23.4 Å². The third-order valence-electron chi connectivity index (χ3n) is 4.54. The van der Waals surface area contributed by atoms with Gasteiger partial charge in [-0.05, 0) is 23.6 Å². The highest BCUT2D eigenvalue weighted by Crippen LogP contribution is 2.37. The molecule has 1 aliphatic rings. The SMILES string of the molecule is CC(C)C1=C(NC(=O)OCc2ccccc2)C(=O)Nc2ccccc2N1CC(F)(F)F. The minimum absolute atomic E-state index is 0.0384. The Bertz CT molecular complexity index is 988. The lowest BCUT2D eigenvalue weighted by molar-refractivity contribution is -0.119. The average molecular weight is 433 g/mol. The molecule has 0 bridgehead atoms. The van der Waals surface area contributed by atoms with Crippen LogP contribution < -0.4 is 15.5 Å². The number of halogens is 3. The standard InChI is InChI=1S/C22H22F3N3O3/c1-14(2)19-18(27-21(30)31-12-15-8-4-3-5-9-15)20(29)26-16-10-6-7-11-17(16)28(19)13-22(23,24)25/h3-11,14H,12-13H2,1-2H3,(H,26,29)(H,27,30). The van der Waals surface area contributed by atoms with Gasteiger partial charge < -0.3 is 15.0 Å². The Hall–Kier alpha value is -3.49. The number of amides is 2. The smallest absolute Gasteiger partial charge is 0.412 e. The molecular formula is C22H22F3N3O3.